The summed E-state index contributed by atoms with van der Waals surface area (Å²) in [6, 6.07) is 4.70. The highest BCUT2D eigenvalue weighted by Crippen LogP contribution is 2.23. The van der Waals surface area contributed by atoms with E-state index in [0.717, 1.165) is 0 Å². The van der Waals surface area contributed by atoms with Gasteiger partial charge in [0.2, 0.25) is 0 Å². The summed E-state index contributed by atoms with van der Waals surface area (Å²) in [7, 11) is 1.46. The van der Waals surface area contributed by atoms with Crippen LogP contribution in [0, 0.1) is 0 Å². The van der Waals surface area contributed by atoms with Crippen molar-refractivity contribution >= 4 is 12.3 Å². The SMILES string of the molecule is CCOC(=O)COc1ccc(C=O)c(OC)c1. The average molecular weight is 238 g/mol. The predicted molar refractivity (Wildman–Crippen MR) is 60.5 cm³/mol. The fourth-order valence-corrected chi connectivity index (χ4v) is 1.22. The van der Waals surface area contributed by atoms with Crippen LogP contribution in [-0.2, 0) is 9.53 Å². The maximum Gasteiger partial charge on any atom is 0.344 e. The Morgan fingerprint density at radius 1 is 1.41 bits per heavy atom. The molecule has 0 radical (unpaired) electrons. The number of esters is 1. The Labute approximate surface area is 99.3 Å². The molecule has 17 heavy (non-hydrogen) atoms. The first-order chi connectivity index (χ1) is 8.21. The number of carbonyl (C=O) groups excluding carboxylic acids is 2. The lowest BCUT2D eigenvalue weighted by atomic mass is 10.2. The third-order valence-electron chi connectivity index (χ3n) is 1.99. The third-order valence-corrected chi connectivity index (χ3v) is 1.99. The van der Waals surface area contributed by atoms with E-state index in [9.17, 15) is 9.59 Å². The molecule has 5 heteroatoms. The number of methoxy groups -OCH3 is 1. The van der Waals surface area contributed by atoms with Crippen LogP contribution >= 0.6 is 0 Å². The van der Waals surface area contributed by atoms with E-state index in [1.54, 1.807) is 25.1 Å². The second-order valence-corrected chi connectivity index (χ2v) is 3.12. The standard InChI is InChI=1S/C12H14O5/c1-3-16-12(14)8-17-10-5-4-9(7-13)11(6-10)15-2/h4-7H,3,8H2,1-2H3. The van der Waals surface area contributed by atoms with Crippen molar-refractivity contribution in [2.24, 2.45) is 0 Å². The number of rotatable bonds is 6. The number of aldehydes is 1. The number of hydrogen-bond donors (Lipinski definition) is 0. The first kappa shape index (κ1) is 13.0. The molecule has 0 saturated heterocycles. The summed E-state index contributed by atoms with van der Waals surface area (Å²) >= 11 is 0. The Hall–Kier alpha value is -2.04. The van der Waals surface area contributed by atoms with Gasteiger partial charge in [0.1, 0.15) is 11.5 Å². The summed E-state index contributed by atoms with van der Waals surface area (Å²) in [5, 5.41) is 0. The molecule has 0 amide bonds. The molecule has 0 saturated carbocycles. The summed E-state index contributed by atoms with van der Waals surface area (Å²) < 4.78 is 14.9. The molecule has 0 fully saturated rings. The molecule has 0 aromatic heterocycles. The Kier molecular flexibility index (Phi) is 5.00. The molecule has 0 aliphatic heterocycles. The number of hydrogen-bond acceptors (Lipinski definition) is 5. The second kappa shape index (κ2) is 6.52. The lowest BCUT2D eigenvalue weighted by Gasteiger charge is -2.08. The Balaban J connectivity index is 2.66. The van der Waals surface area contributed by atoms with Crippen LogP contribution in [0.25, 0.3) is 0 Å². The molecule has 0 heterocycles. The van der Waals surface area contributed by atoms with E-state index in [1.807, 2.05) is 0 Å². The summed E-state index contributed by atoms with van der Waals surface area (Å²) in [6.07, 6.45) is 0.688. The van der Waals surface area contributed by atoms with Crippen LogP contribution in [0.15, 0.2) is 18.2 Å². The molecule has 1 aromatic rings. The smallest absolute Gasteiger partial charge is 0.344 e. The summed E-state index contributed by atoms with van der Waals surface area (Å²) in [5.74, 6) is 0.410. The Morgan fingerprint density at radius 3 is 2.76 bits per heavy atom. The highest BCUT2D eigenvalue weighted by Gasteiger charge is 2.06. The first-order valence-corrected chi connectivity index (χ1v) is 5.13. The van der Waals surface area contributed by atoms with E-state index in [4.69, 9.17) is 14.2 Å². The van der Waals surface area contributed by atoms with Gasteiger partial charge < -0.3 is 14.2 Å². The van der Waals surface area contributed by atoms with Gasteiger partial charge in [0.25, 0.3) is 0 Å². The number of ether oxygens (including phenoxy) is 3. The van der Waals surface area contributed by atoms with Gasteiger partial charge in [-0.25, -0.2) is 4.79 Å². The average Bonchev–Trinajstić information content (AvgIpc) is 2.36. The van der Waals surface area contributed by atoms with E-state index in [1.165, 1.54) is 7.11 Å². The maximum absolute atomic E-state index is 11.1. The van der Waals surface area contributed by atoms with Gasteiger partial charge in [-0.1, -0.05) is 0 Å². The van der Waals surface area contributed by atoms with Gasteiger partial charge in [0.05, 0.1) is 19.3 Å². The first-order valence-electron chi connectivity index (χ1n) is 5.13. The maximum atomic E-state index is 11.1. The minimum atomic E-state index is -0.439. The molecule has 1 rings (SSSR count). The summed E-state index contributed by atoms with van der Waals surface area (Å²) in [5.41, 5.74) is 0.427. The molecule has 0 unspecified atom stereocenters. The fraction of sp³-hybridized carbons (Fsp3) is 0.333. The van der Waals surface area contributed by atoms with Gasteiger partial charge in [-0.2, -0.15) is 0 Å². The quantitative estimate of drug-likeness (QED) is 0.554. The van der Waals surface area contributed by atoms with Crippen molar-refractivity contribution in [1.29, 1.82) is 0 Å². The van der Waals surface area contributed by atoms with Crippen molar-refractivity contribution in [2.45, 2.75) is 6.92 Å². The van der Waals surface area contributed by atoms with Gasteiger partial charge in [0.15, 0.2) is 12.9 Å². The van der Waals surface area contributed by atoms with Crippen molar-refractivity contribution in [3.05, 3.63) is 23.8 Å². The van der Waals surface area contributed by atoms with Crippen LogP contribution in [0.3, 0.4) is 0 Å². The minimum absolute atomic E-state index is 0.169. The molecule has 0 N–H and O–H groups in total. The topological polar surface area (TPSA) is 61.8 Å². The lowest BCUT2D eigenvalue weighted by Crippen LogP contribution is -2.14. The van der Waals surface area contributed by atoms with E-state index in [-0.39, 0.29) is 6.61 Å². The van der Waals surface area contributed by atoms with Crippen LogP contribution in [-0.4, -0.2) is 32.6 Å². The van der Waals surface area contributed by atoms with Crippen LogP contribution in [0.5, 0.6) is 11.5 Å². The predicted octanol–water partition coefficient (Wildman–Crippen LogP) is 1.45. The molecule has 0 atom stereocenters. The van der Waals surface area contributed by atoms with E-state index >= 15 is 0 Å². The van der Waals surface area contributed by atoms with Crippen molar-refractivity contribution in [3.8, 4) is 11.5 Å². The van der Waals surface area contributed by atoms with E-state index < -0.39 is 5.97 Å². The van der Waals surface area contributed by atoms with Gasteiger partial charge in [-0.15, -0.1) is 0 Å². The van der Waals surface area contributed by atoms with Crippen molar-refractivity contribution < 1.29 is 23.8 Å². The Morgan fingerprint density at radius 2 is 2.18 bits per heavy atom. The zero-order valence-electron chi connectivity index (χ0n) is 9.76. The number of carbonyl (C=O) groups is 2. The monoisotopic (exact) mass is 238 g/mol. The lowest BCUT2D eigenvalue weighted by molar-refractivity contribution is -0.145. The van der Waals surface area contributed by atoms with Crippen LogP contribution in [0.4, 0.5) is 0 Å². The highest BCUT2D eigenvalue weighted by atomic mass is 16.6. The molecule has 5 nitrogen and oxygen atoms in total. The van der Waals surface area contributed by atoms with E-state index in [2.05, 4.69) is 0 Å². The van der Waals surface area contributed by atoms with Crippen molar-refractivity contribution in [3.63, 3.8) is 0 Å². The minimum Gasteiger partial charge on any atom is -0.496 e. The largest absolute Gasteiger partial charge is 0.496 e. The summed E-state index contributed by atoms with van der Waals surface area (Å²) in [6.45, 7) is 1.87. The third kappa shape index (κ3) is 3.79. The van der Waals surface area contributed by atoms with Gasteiger partial charge in [-0.3, -0.25) is 4.79 Å². The second-order valence-electron chi connectivity index (χ2n) is 3.12. The fourth-order valence-electron chi connectivity index (χ4n) is 1.22. The highest BCUT2D eigenvalue weighted by molar-refractivity contribution is 5.79. The zero-order chi connectivity index (χ0) is 12.7. The zero-order valence-corrected chi connectivity index (χ0v) is 9.76. The molecular weight excluding hydrogens is 224 g/mol. The number of benzene rings is 1. The van der Waals surface area contributed by atoms with Crippen molar-refractivity contribution in [1.82, 2.24) is 0 Å². The summed E-state index contributed by atoms with van der Waals surface area (Å²) in [4.78, 5) is 21.7. The molecule has 92 valence electrons. The van der Waals surface area contributed by atoms with Gasteiger partial charge in [0, 0.05) is 6.07 Å². The molecule has 1 aromatic carbocycles. The van der Waals surface area contributed by atoms with Crippen LogP contribution in [0.2, 0.25) is 0 Å². The molecule has 0 spiro atoms. The molecular formula is C12H14O5. The van der Waals surface area contributed by atoms with Crippen molar-refractivity contribution in [2.75, 3.05) is 20.3 Å². The van der Waals surface area contributed by atoms with Crippen LogP contribution < -0.4 is 9.47 Å². The molecule has 0 aliphatic carbocycles. The van der Waals surface area contributed by atoms with E-state index in [0.29, 0.717) is 30.0 Å². The van der Waals surface area contributed by atoms with Gasteiger partial charge >= 0.3 is 5.97 Å². The van der Waals surface area contributed by atoms with Crippen LogP contribution in [0.1, 0.15) is 17.3 Å². The normalized spacial score (nSPS) is 9.53. The Bertz CT molecular complexity index is 400. The molecule has 0 bridgehead atoms. The van der Waals surface area contributed by atoms with Gasteiger partial charge in [-0.05, 0) is 19.1 Å². The molecule has 0 aliphatic rings.